The molecule has 8 nitrogen and oxygen atoms in total. The second-order valence-electron chi connectivity index (χ2n) is 8.72. The Hall–Kier alpha value is -5.40. The van der Waals surface area contributed by atoms with Crippen molar-refractivity contribution in [1.82, 2.24) is 0 Å². The van der Waals surface area contributed by atoms with Gasteiger partial charge in [0.05, 0.1) is 22.5 Å². The van der Waals surface area contributed by atoms with Gasteiger partial charge in [-0.15, -0.1) is 0 Å². The third-order valence-corrected chi connectivity index (χ3v) is 5.94. The maximum Gasteiger partial charge on any atom is 0.418 e. The molecule has 0 saturated heterocycles. The standard InChI is InChI=1S/C28H14F6N2O6/c29-27(30,31)19-13-17(5-7-21(19)35-23(37)9-10-24(35)38)41-15-1-2-16(4-3-15)42-18-6-8-22(20(14-18)28(32,33)34)36-25(39)11-12-26(36)40/h1-14H. The fraction of sp³-hybridized carbons (Fsp3) is 0.0714. The minimum Gasteiger partial charge on any atom is -0.457 e. The third-order valence-electron chi connectivity index (χ3n) is 5.94. The molecule has 3 aromatic rings. The van der Waals surface area contributed by atoms with Gasteiger partial charge in [-0.05, 0) is 60.7 Å². The van der Waals surface area contributed by atoms with Crippen molar-refractivity contribution in [3.05, 3.63) is 96.1 Å². The summed E-state index contributed by atoms with van der Waals surface area (Å²) in [6, 6.07) is 10.4. The van der Waals surface area contributed by atoms with E-state index in [0.29, 0.717) is 21.9 Å². The predicted molar refractivity (Wildman–Crippen MR) is 133 cm³/mol. The number of hydrogen-bond acceptors (Lipinski definition) is 6. The summed E-state index contributed by atoms with van der Waals surface area (Å²) >= 11 is 0. The normalized spacial score (nSPS) is 15.3. The largest absolute Gasteiger partial charge is 0.457 e. The summed E-state index contributed by atoms with van der Waals surface area (Å²) in [5.41, 5.74) is -3.92. The number of alkyl halides is 6. The van der Waals surface area contributed by atoms with Crippen molar-refractivity contribution in [2.45, 2.75) is 12.4 Å². The molecule has 3 aromatic carbocycles. The Morgan fingerprint density at radius 1 is 0.452 bits per heavy atom. The van der Waals surface area contributed by atoms with Crippen LogP contribution in [0.5, 0.6) is 23.0 Å². The van der Waals surface area contributed by atoms with Crippen molar-refractivity contribution in [2.24, 2.45) is 0 Å². The van der Waals surface area contributed by atoms with Crippen molar-refractivity contribution in [1.29, 1.82) is 0 Å². The van der Waals surface area contributed by atoms with Gasteiger partial charge in [-0.1, -0.05) is 0 Å². The molecule has 0 bridgehead atoms. The first-order chi connectivity index (χ1) is 19.7. The van der Waals surface area contributed by atoms with Crippen LogP contribution in [0.25, 0.3) is 0 Å². The van der Waals surface area contributed by atoms with Crippen LogP contribution in [0, 0.1) is 0 Å². The molecule has 0 unspecified atom stereocenters. The topological polar surface area (TPSA) is 93.2 Å². The molecule has 2 heterocycles. The number of anilines is 2. The van der Waals surface area contributed by atoms with E-state index in [4.69, 9.17) is 9.47 Å². The van der Waals surface area contributed by atoms with Crippen LogP contribution in [0.2, 0.25) is 0 Å². The lowest BCUT2D eigenvalue weighted by molar-refractivity contribution is -0.138. The number of imide groups is 2. The molecule has 0 aromatic heterocycles. The van der Waals surface area contributed by atoms with Gasteiger partial charge in [-0.2, -0.15) is 26.3 Å². The fourth-order valence-electron chi connectivity index (χ4n) is 4.12. The van der Waals surface area contributed by atoms with Crippen molar-refractivity contribution < 1.29 is 55.0 Å². The lowest BCUT2D eigenvalue weighted by Crippen LogP contribution is -2.31. The van der Waals surface area contributed by atoms with E-state index in [0.717, 1.165) is 48.6 Å². The smallest absolute Gasteiger partial charge is 0.418 e. The van der Waals surface area contributed by atoms with Gasteiger partial charge in [-0.3, -0.25) is 19.2 Å². The molecule has 2 aliphatic rings. The van der Waals surface area contributed by atoms with E-state index in [2.05, 4.69) is 0 Å². The Morgan fingerprint density at radius 3 is 1.02 bits per heavy atom. The summed E-state index contributed by atoms with van der Waals surface area (Å²) in [5, 5.41) is 0. The van der Waals surface area contributed by atoms with Gasteiger partial charge in [0.25, 0.3) is 23.6 Å². The van der Waals surface area contributed by atoms with Crippen LogP contribution < -0.4 is 19.3 Å². The highest BCUT2D eigenvalue weighted by Gasteiger charge is 2.40. The fourth-order valence-corrected chi connectivity index (χ4v) is 4.12. The monoisotopic (exact) mass is 588 g/mol. The number of halogens is 6. The van der Waals surface area contributed by atoms with E-state index in [-0.39, 0.29) is 23.0 Å². The number of amides is 4. The molecule has 2 aliphatic heterocycles. The molecule has 14 heteroatoms. The van der Waals surface area contributed by atoms with Crippen molar-refractivity contribution >= 4 is 35.0 Å². The minimum atomic E-state index is -4.94. The maximum absolute atomic E-state index is 13.7. The molecule has 0 aliphatic carbocycles. The van der Waals surface area contributed by atoms with Crippen LogP contribution in [0.1, 0.15) is 11.1 Å². The number of hydrogen-bond donors (Lipinski definition) is 0. The number of carbonyl (C=O) groups is 4. The second kappa shape index (κ2) is 10.2. The number of nitrogens with zero attached hydrogens (tertiary/aromatic N) is 2. The molecule has 214 valence electrons. The van der Waals surface area contributed by atoms with Crippen molar-refractivity contribution in [3.63, 3.8) is 0 Å². The molecule has 4 amide bonds. The van der Waals surface area contributed by atoms with Crippen LogP contribution >= 0.6 is 0 Å². The van der Waals surface area contributed by atoms with Gasteiger partial charge < -0.3 is 9.47 Å². The molecule has 0 spiro atoms. The first-order valence-corrected chi connectivity index (χ1v) is 11.7. The van der Waals surface area contributed by atoms with Gasteiger partial charge in [0, 0.05) is 24.3 Å². The van der Waals surface area contributed by atoms with Crippen molar-refractivity contribution in [3.8, 4) is 23.0 Å². The summed E-state index contributed by atoms with van der Waals surface area (Å²) in [7, 11) is 0. The van der Waals surface area contributed by atoms with Crippen LogP contribution in [0.3, 0.4) is 0 Å². The summed E-state index contributed by atoms with van der Waals surface area (Å²) in [5.74, 6) is -4.21. The molecule has 42 heavy (non-hydrogen) atoms. The Bertz CT molecular complexity index is 1530. The van der Waals surface area contributed by atoms with E-state index in [1.54, 1.807) is 0 Å². The van der Waals surface area contributed by atoms with E-state index in [1.165, 1.54) is 24.3 Å². The zero-order valence-corrected chi connectivity index (χ0v) is 20.7. The van der Waals surface area contributed by atoms with Crippen molar-refractivity contribution in [2.75, 3.05) is 9.80 Å². The van der Waals surface area contributed by atoms with Gasteiger partial charge >= 0.3 is 12.4 Å². The predicted octanol–water partition coefficient (Wildman–Crippen LogP) is 6.17. The lowest BCUT2D eigenvalue weighted by Gasteiger charge is -2.21. The number of benzene rings is 3. The zero-order chi connectivity index (χ0) is 30.4. The van der Waals surface area contributed by atoms with E-state index < -0.39 is 58.5 Å². The van der Waals surface area contributed by atoms with Crippen LogP contribution in [0.4, 0.5) is 37.7 Å². The summed E-state index contributed by atoms with van der Waals surface area (Å²) < 4.78 is 93.3. The molecule has 0 saturated carbocycles. The third kappa shape index (κ3) is 5.46. The average Bonchev–Trinajstić information content (AvgIpc) is 3.43. The molecule has 0 N–H and O–H groups in total. The maximum atomic E-state index is 13.7. The summed E-state index contributed by atoms with van der Waals surface area (Å²) in [6.07, 6.45) is -6.48. The first-order valence-electron chi connectivity index (χ1n) is 11.7. The quantitative estimate of drug-likeness (QED) is 0.253. The van der Waals surface area contributed by atoms with Gasteiger partial charge in [0.2, 0.25) is 0 Å². The molecule has 5 rings (SSSR count). The lowest BCUT2D eigenvalue weighted by atomic mass is 10.1. The van der Waals surface area contributed by atoms with Crippen LogP contribution in [-0.4, -0.2) is 23.6 Å². The highest BCUT2D eigenvalue weighted by Crippen LogP contribution is 2.42. The molecule has 0 fully saturated rings. The van der Waals surface area contributed by atoms with E-state index >= 15 is 0 Å². The second-order valence-corrected chi connectivity index (χ2v) is 8.72. The summed E-state index contributed by atoms with van der Waals surface area (Å²) in [4.78, 5) is 48.3. The molecule has 0 atom stereocenters. The zero-order valence-electron chi connectivity index (χ0n) is 20.7. The molecular formula is C28H14F6N2O6. The number of rotatable bonds is 6. The van der Waals surface area contributed by atoms with E-state index in [1.807, 2.05) is 0 Å². The minimum absolute atomic E-state index is 0.0307. The van der Waals surface area contributed by atoms with Gasteiger partial charge in [0.15, 0.2) is 0 Å². The van der Waals surface area contributed by atoms with Gasteiger partial charge in [-0.25, -0.2) is 9.80 Å². The Kier molecular flexibility index (Phi) is 6.84. The Labute approximate surface area is 231 Å². The SMILES string of the molecule is O=C1C=CC(=O)N1c1ccc(Oc2ccc(Oc3ccc(N4C(=O)C=CC4=O)c(C(F)(F)F)c3)cc2)cc1C(F)(F)F. The Balaban J connectivity index is 1.35. The average molecular weight is 588 g/mol. The highest BCUT2D eigenvalue weighted by atomic mass is 19.4. The van der Waals surface area contributed by atoms with Crippen LogP contribution in [0.15, 0.2) is 85.0 Å². The number of ether oxygens (including phenoxy) is 2. The highest BCUT2D eigenvalue weighted by molar-refractivity contribution is 6.29. The Morgan fingerprint density at radius 2 is 0.738 bits per heavy atom. The van der Waals surface area contributed by atoms with Crippen LogP contribution in [-0.2, 0) is 31.5 Å². The molecular weight excluding hydrogens is 574 g/mol. The first kappa shape index (κ1) is 28.1. The van der Waals surface area contributed by atoms with Gasteiger partial charge in [0.1, 0.15) is 23.0 Å². The summed E-state index contributed by atoms with van der Waals surface area (Å²) in [6.45, 7) is 0. The molecule has 0 radical (unpaired) electrons. The van der Waals surface area contributed by atoms with E-state index in [9.17, 15) is 45.5 Å². The number of carbonyl (C=O) groups excluding carboxylic acids is 4.